The summed E-state index contributed by atoms with van der Waals surface area (Å²) < 4.78 is 3.30. The van der Waals surface area contributed by atoms with Crippen molar-refractivity contribution in [3.8, 4) is 0 Å². The van der Waals surface area contributed by atoms with Gasteiger partial charge in [-0.2, -0.15) is 0 Å². The maximum absolute atomic E-state index is 6.28. The van der Waals surface area contributed by atoms with Gasteiger partial charge in [0, 0.05) is 34.2 Å². The highest BCUT2D eigenvalue weighted by atomic mass is 79.9. The molecule has 1 aromatic carbocycles. The summed E-state index contributed by atoms with van der Waals surface area (Å²) >= 11 is 3.61. The van der Waals surface area contributed by atoms with Gasteiger partial charge in [0.1, 0.15) is 0 Å². The fourth-order valence-corrected chi connectivity index (χ4v) is 2.75. The average Bonchev–Trinajstić information content (AvgIpc) is 2.84. The van der Waals surface area contributed by atoms with Crippen molar-refractivity contribution in [1.82, 2.24) is 4.57 Å². The Morgan fingerprint density at radius 1 is 1.40 bits per heavy atom. The van der Waals surface area contributed by atoms with Crippen LogP contribution in [0.15, 0.2) is 28.9 Å². The van der Waals surface area contributed by atoms with Crippen molar-refractivity contribution < 1.29 is 0 Å². The van der Waals surface area contributed by atoms with Gasteiger partial charge in [-0.25, -0.2) is 0 Å². The maximum atomic E-state index is 6.28. The number of rotatable bonds is 1. The second-order valence-corrected chi connectivity index (χ2v) is 5.30. The molecule has 1 fully saturated rings. The molecule has 1 saturated carbocycles. The van der Waals surface area contributed by atoms with E-state index < -0.39 is 0 Å². The van der Waals surface area contributed by atoms with Gasteiger partial charge in [0.2, 0.25) is 0 Å². The number of fused-ring (bicyclic) bond motifs is 1. The summed E-state index contributed by atoms with van der Waals surface area (Å²) in [5.41, 5.74) is 8.75. The third-order valence-corrected chi connectivity index (χ3v) is 3.95. The zero-order valence-corrected chi connectivity index (χ0v) is 10.2. The molecule has 78 valence electrons. The molecule has 0 unspecified atom stereocenters. The molecule has 2 N–H and O–H groups in total. The Bertz CT molecular complexity index is 538. The van der Waals surface area contributed by atoms with Crippen molar-refractivity contribution in [3.63, 3.8) is 0 Å². The molecule has 0 spiro atoms. The summed E-state index contributed by atoms with van der Waals surface area (Å²) in [5, 5.41) is 1.28. The van der Waals surface area contributed by atoms with Gasteiger partial charge in [0.05, 0.1) is 0 Å². The van der Waals surface area contributed by atoms with Crippen LogP contribution < -0.4 is 5.73 Å². The molecular formula is C12H13BrN2. The average molecular weight is 265 g/mol. The summed E-state index contributed by atoms with van der Waals surface area (Å²) in [6.45, 7) is 0. The van der Waals surface area contributed by atoms with Crippen molar-refractivity contribution in [2.45, 2.75) is 18.4 Å². The zero-order chi connectivity index (χ0) is 10.6. The Morgan fingerprint density at radius 2 is 2.13 bits per heavy atom. The molecule has 1 aliphatic carbocycles. The predicted octanol–water partition coefficient (Wildman–Crippen LogP) is 2.89. The Kier molecular flexibility index (Phi) is 1.80. The number of aromatic nitrogens is 1. The molecule has 0 aliphatic heterocycles. The predicted molar refractivity (Wildman–Crippen MR) is 65.7 cm³/mol. The minimum absolute atomic E-state index is 0.0661. The van der Waals surface area contributed by atoms with E-state index in [0.29, 0.717) is 0 Å². The lowest BCUT2D eigenvalue weighted by Gasteiger charge is -2.07. The second kappa shape index (κ2) is 2.86. The standard InChI is InChI=1S/C12H13BrN2/c1-15-7-8(12(14)5-6-12)11-9(13)3-2-4-10(11)15/h2-4,7H,5-6,14H2,1H3. The molecule has 1 aliphatic rings. The summed E-state index contributed by atoms with van der Waals surface area (Å²) in [5.74, 6) is 0. The first-order valence-electron chi connectivity index (χ1n) is 5.15. The summed E-state index contributed by atoms with van der Waals surface area (Å²) in [7, 11) is 2.07. The van der Waals surface area contributed by atoms with Crippen molar-refractivity contribution in [2.75, 3.05) is 0 Å². The van der Waals surface area contributed by atoms with E-state index in [1.807, 2.05) is 0 Å². The molecule has 3 heteroatoms. The SMILES string of the molecule is Cn1cc(C2(N)CC2)c2c(Br)cccc21. The molecule has 0 bridgehead atoms. The molecule has 1 aromatic heterocycles. The molecule has 0 amide bonds. The van der Waals surface area contributed by atoms with Crippen LogP contribution in [0.2, 0.25) is 0 Å². The molecule has 1 heterocycles. The molecule has 0 radical (unpaired) electrons. The van der Waals surface area contributed by atoms with Crippen molar-refractivity contribution in [3.05, 3.63) is 34.4 Å². The third kappa shape index (κ3) is 1.26. The third-order valence-electron chi connectivity index (χ3n) is 3.29. The van der Waals surface area contributed by atoms with Crippen LogP contribution in [-0.2, 0) is 12.6 Å². The first-order valence-corrected chi connectivity index (χ1v) is 5.94. The Balaban J connectivity index is 2.40. The summed E-state index contributed by atoms with van der Waals surface area (Å²) in [4.78, 5) is 0. The number of hydrogen-bond donors (Lipinski definition) is 1. The van der Waals surface area contributed by atoms with Crippen LogP contribution >= 0.6 is 15.9 Å². The van der Waals surface area contributed by atoms with Gasteiger partial charge in [-0.1, -0.05) is 22.0 Å². The van der Waals surface area contributed by atoms with Gasteiger partial charge >= 0.3 is 0 Å². The van der Waals surface area contributed by atoms with Crippen LogP contribution in [0.3, 0.4) is 0 Å². The first-order chi connectivity index (χ1) is 7.12. The van der Waals surface area contributed by atoms with Gasteiger partial charge in [-0.3, -0.25) is 0 Å². The molecule has 2 nitrogen and oxygen atoms in total. The summed E-state index contributed by atoms with van der Waals surface area (Å²) in [6, 6.07) is 6.28. The Morgan fingerprint density at radius 3 is 2.80 bits per heavy atom. The van der Waals surface area contributed by atoms with E-state index in [1.165, 1.54) is 16.5 Å². The maximum Gasteiger partial charge on any atom is 0.0492 e. The second-order valence-electron chi connectivity index (χ2n) is 4.44. The molecule has 15 heavy (non-hydrogen) atoms. The summed E-state index contributed by atoms with van der Waals surface area (Å²) in [6.07, 6.45) is 4.38. The largest absolute Gasteiger partial charge is 0.350 e. The lowest BCUT2D eigenvalue weighted by Crippen LogP contribution is -2.18. The molecule has 0 atom stereocenters. The van der Waals surface area contributed by atoms with Gasteiger partial charge in [-0.15, -0.1) is 0 Å². The van der Waals surface area contributed by atoms with Gasteiger partial charge in [0.15, 0.2) is 0 Å². The molecular weight excluding hydrogens is 252 g/mol. The van der Waals surface area contributed by atoms with Gasteiger partial charge in [-0.05, 0) is 30.5 Å². The van der Waals surface area contributed by atoms with Crippen LogP contribution in [-0.4, -0.2) is 4.57 Å². The van der Waals surface area contributed by atoms with E-state index in [2.05, 4.69) is 51.9 Å². The Labute approximate surface area is 97.2 Å². The number of nitrogens with zero attached hydrogens (tertiary/aromatic N) is 1. The first kappa shape index (κ1) is 9.43. The zero-order valence-electron chi connectivity index (χ0n) is 8.63. The monoisotopic (exact) mass is 264 g/mol. The van der Waals surface area contributed by atoms with E-state index >= 15 is 0 Å². The highest BCUT2D eigenvalue weighted by Crippen LogP contribution is 2.47. The van der Waals surface area contributed by atoms with Gasteiger partial charge in [0.25, 0.3) is 0 Å². The number of benzene rings is 1. The number of hydrogen-bond acceptors (Lipinski definition) is 1. The number of halogens is 1. The fraction of sp³-hybridized carbons (Fsp3) is 0.333. The van der Waals surface area contributed by atoms with Crippen LogP contribution in [0, 0.1) is 0 Å². The van der Waals surface area contributed by atoms with Crippen LogP contribution in [0.4, 0.5) is 0 Å². The normalized spacial score (nSPS) is 18.3. The van der Waals surface area contributed by atoms with Gasteiger partial charge < -0.3 is 10.3 Å². The van der Waals surface area contributed by atoms with Crippen LogP contribution in [0.25, 0.3) is 10.9 Å². The lowest BCUT2D eigenvalue weighted by atomic mass is 10.1. The highest BCUT2D eigenvalue weighted by molar-refractivity contribution is 9.10. The fourth-order valence-electron chi connectivity index (χ4n) is 2.18. The van der Waals surface area contributed by atoms with E-state index in [4.69, 9.17) is 5.73 Å². The Hall–Kier alpha value is -0.800. The topological polar surface area (TPSA) is 30.9 Å². The van der Waals surface area contributed by atoms with E-state index in [9.17, 15) is 0 Å². The molecule has 2 aromatic rings. The van der Waals surface area contributed by atoms with E-state index in [-0.39, 0.29) is 5.54 Å². The minimum atomic E-state index is -0.0661. The lowest BCUT2D eigenvalue weighted by molar-refractivity contribution is 0.741. The van der Waals surface area contributed by atoms with Crippen LogP contribution in [0.1, 0.15) is 18.4 Å². The van der Waals surface area contributed by atoms with Crippen molar-refractivity contribution in [2.24, 2.45) is 12.8 Å². The van der Waals surface area contributed by atoms with E-state index in [0.717, 1.165) is 17.3 Å². The number of nitrogens with two attached hydrogens (primary N) is 1. The van der Waals surface area contributed by atoms with Crippen LogP contribution in [0.5, 0.6) is 0 Å². The minimum Gasteiger partial charge on any atom is -0.350 e. The molecule has 0 saturated heterocycles. The number of aryl methyl sites for hydroxylation is 1. The smallest absolute Gasteiger partial charge is 0.0492 e. The molecule has 3 rings (SSSR count). The van der Waals surface area contributed by atoms with Crippen molar-refractivity contribution >= 4 is 26.8 Å². The van der Waals surface area contributed by atoms with Crippen molar-refractivity contribution in [1.29, 1.82) is 0 Å². The van der Waals surface area contributed by atoms with E-state index in [1.54, 1.807) is 0 Å². The highest BCUT2D eigenvalue weighted by Gasteiger charge is 2.42. The quantitative estimate of drug-likeness (QED) is 0.844.